The quantitative estimate of drug-likeness (QED) is 0.741. The van der Waals surface area contributed by atoms with Gasteiger partial charge in [0.15, 0.2) is 0 Å². The third-order valence-electron chi connectivity index (χ3n) is 5.52. The van der Waals surface area contributed by atoms with E-state index in [1.54, 1.807) is 14.2 Å². The van der Waals surface area contributed by atoms with Crippen LogP contribution in [0, 0.1) is 11.8 Å². The molecule has 0 saturated heterocycles. The molecule has 0 heterocycles. The van der Waals surface area contributed by atoms with E-state index in [9.17, 15) is 0 Å². The summed E-state index contributed by atoms with van der Waals surface area (Å²) in [4.78, 5) is 0. The molecule has 0 aromatic heterocycles. The molecule has 0 amide bonds. The van der Waals surface area contributed by atoms with E-state index in [2.05, 4.69) is 48.6 Å². The Morgan fingerprint density at radius 3 is 2.58 bits per heavy atom. The molecule has 2 heteroatoms. The Morgan fingerprint density at radius 2 is 1.75 bits per heavy atom. The van der Waals surface area contributed by atoms with Crippen LogP contribution in [0.5, 0.6) is 5.75 Å². The molecule has 0 fully saturated rings. The number of hydrogen-bond donors (Lipinski definition) is 0. The first kappa shape index (κ1) is 15.3. The number of rotatable bonds is 3. The highest BCUT2D eigenvalue weighted by molar-refractivity contribution is 5.80. The highest BCUT2D eigenvalue weighted by Crippen LogP contribution is 2.47. The Balaban J connectivity index is 1.94. The van der Waals surface area contributed by atoms with Crippen molar-refractivity contribution >= 4 is 5.57 Å². The van der Waals surface area contributed by atoms with E-state index in [1.165, 1.54) is 22.3 Å². The van der Waals surface area contributed by atoms with Crippen molar-refractivity contribution in [3.8, 4) is 5.75 Å². The molecule has 2 nitrogen and oxygen atoms in total. The van der Waals surface area contributed by atoms with Crippen LogP contribution in [0.25, 0.3) is 5.57 Å². The number of fused-ring (bicyclic) bond motifs is 2. The second-order valence-electron chi connectivity index (χ2n) is 6.71. The average Bonchev–Trinajstić information content (AvgIpc) is 2.66. The smallest absolute Gasteiger partial charge is 0.126 e. The summed E-state index contributed by atoms with van der Waals surface area (Å²) in [7, 11) is 3.55. The lowest BCUT2D eigenvalue weighted by atomic mass is 9.71. The van der Waals surface area contributed by atoms with Crippen molar-refractivity contribution in [2.75, 3.05) is 14.2 Å². The van der Waals surface area contributed by atoms with Crippen LogP contribution in [0.2, 0.25) is 0 Å². The highest BCUT2D eigenvalue weighted by atomic mass is 16.5. The van der Waals surface area contributed by atoms with Gasteiger partial charge in [0.1, 0.15) is 11.5 Å². The van der Waals surface area contributed by atoms with Gasteiger partial charge in [0.05, 0.1) is 14.2 Å². The van der Waals surface area contributed by atoms with Gasteiger partial charge in [0.2, 0.25) is 0 Å². The SMILES string of the molecule is COC1=C(c2c(OC)ccc3c2CC=CC3)C2CC=CCC2C=C1. The second-order valence-corrected chi connectivity index (χ2v) is 6.71. The van der Waals surface area contributed by atoms with Crippen LogP contribution in [-0.2, 0) is 17.6 Å². The molecule has 3 aliphatic rings. The predicted molar refractivity (Wildman–Crippen MR) is 98.0 cm³/mol. The maximum absolute atomic E-state index is 5.79. The van der Waals surface area contributed by atoms with Gasteiger partial charge in [-0.2, -0.15) is 0 Å². The van der Waals surface area contributed by atoms with E-state index in [0.29, 0.717) is 11.8 Å². The maximum atomic E-state index is 5.79. The lowest BCUT2D eigenvalue weighted by molar-refractivity contribution is 0.297. The molecule has 4 rings (SSSR count). The van der Waals surface area contributed by atoms with Crippen molar-refractivity contribution in [3.63, 3.8) is 0 Å². The fraction of sp³-hybridized carbons (Fsp3) is 0.364. The van der Waals surface area contributed by atoms with Crippen LogP contribution in [0.15, 0.2) is 54.3 Å². The van der Waals surface area contributed by atoms with Gasteiger partial charge in [0.25, 0.3) is 0 Å². The summed E-state index contributed by atoms with van der Waals surface area (Å²) < 4.78 is 11.6. The molecule has 24 heavy (non-hydrogen) atoms. The van der Waals surface area contributed by atoms with Crippen molar-refractivity contribution in [3.05, 3.63) is 71.0 Å². The van der Waals surface area contributed by atoms with Crippen LogP contribution >= 0.6 is 0 Å². The minimum Gasteiger partial charge on any atom is -0.496 e. The molecule has 124 valence electrons. The summed E-state index contributed by atoms with van der Waals surface area (Å²) in [5, 5.41) is 0. The third-order valence-corrected chi connectivity index (χ3v) is 5.52. The second kappa shape index (κ2) is 6.35. The van der Waals surface area contributed by atoms with Gasteiger partial charge in [-0.15, -0.1) is 0 Å². The molecule has 1 aromatic carbocycles. The standard InChI is InChI=1S/C22H24O2/c1-23-19-13-11-15-7-3-5-9-17(15)21(19)22-18-10-6-4-8-16(18)12-14-20(22)24-2/h3-6,11-15,17H,7-10H2,1-2H3. The van der Waals surface area contributed by atoms with Crippen molar-refractivity contribution in [2.24, 2.45) is 11.8 Å². The lowest BCUT2D eigenvalue weighted by Gasteiger charge is -2.35. The molecule has 2 unspecified atom stereocenters. The molecule has 0 N–H and O–H groups in total. The number of ether oxygens (including phenoxy) is 2. The Labute approximate surface area is 144 Å². The summed E-state index contributed by atoms with van der Waals surface area (Å²) >= 11 is 0. The Morgan fingerprint density at radius 1 is 0.917 bits per heavy atom. The van der Waals surface area contributed by atoms with Gasteiger partial charge >= 0.3 is 0 Å². The summed E-state index contributed by atoms with van der Waals surface area (Å²) in [5.41, 5.74) is 5.42. The predicted octanol–water partition coefficient (Wildman–Crippen LogP) is 4.86. The van der Waals surface area contributed by atoms with E-state index in [4.69, 9.17) is 9.47 Å². The van der Waals surface area contributed by atoms with Crippen LogP contribution in [-0.4, -0.2) is 14.2 Å². The van der Waals surface area contributed by atoms with E-state index < -0.39 is 0 Å². The topological polar surface area (TPSA) is 18.5 Å². The lowest BCUT2D eigenvalue weighted by Crippen LogP contribution is -2.22. The number of allylic oxidation sites excluding steroid dienone is 7. The van der Waals surface area contributed by atoms with E-state index in [0.717, 1.165) is 37.2 Å². The maximum Gasteiger partial charge on any atom is 0.126 e. The molecular weight excluding hydrogens is 296 g/mol. The van der Waals surface area contributed by atoms with Gasteiger partial charge in [-0.05, 0) is 60.8 Å². The number of benzene rings is 1. The van der Waals surface area contributed by atoms with E-state index in [-0.39, 0.29) is 0 Å². The first-order valence-electron chi connectivity index (χ1n) is 8.79. The third kappa shape index (κ3) is 2.41. The molecule has 0 spiro atoms. The number of methoxy groups -OCH3 is 2. The molecule has 0 aliphatic heterocycles. The van der Waals surface area contributed by atoms with Gasteiger partial charge in [-0.25, -0.2) is 0 Å². The van der Waals surface area contributed by atoms with Crippen LogP contribution in [0.1, 0.15) is 29.5 Å². The zero-order chi connectivity index (χ0) is 16.5. The van der Waals surface area contributed by atoms with E-state index >= 15 is 0 Å². The van der Waals surface area contributed by atoms with E-state index in [1.807, 2.05) is 0 Å². The van der Waals surface area contributed by atoms with Crippen molar-refractivity contribution < 1.29 is 9.47 Å². The summed E-state index contributed by atoms with van der Waals surface area (Å²) in [5.74, 6) is 3.00. The van der Waals surface area contributed by atoms with Crippen LogP contribution < -0.4 is 4.74 Å². The zero-order valence-electron chi connectivity index (χ0n) is 14.4. The molecule has 2 atom stereocenters. The molecule has 1 aromatic rings. The zero-order valence-corrected chi connectivity index (χ0v) is 14.4. The van der Waals surface area contributed by atoms with Crippen molar-refractivity contribution in [1.82, 2.24) is 0 Å². The van der Waals surface area contributed by atoms with Gasteiger partial charge in [-0.3, -0.25) is 0 Å². The monoisotopic (exact) mass is 320 g/mol. The first-order valence-corrected chi connectivity index (χ1v) is 8.79. The Bertz CT molecular complexity index is 764. The highest BCUT2D eigenvalue weighted by Gasteiger charge is 2.33. The molecule has 3 aliphatic carbocycles. The summed E-state index contributed by atoms with van der Waals surface area (Å²) in [6.07, 6.45) is 17.8. The molecule has 0 bridgehead atoms. The first-order chi connectivity index (χ1) is 11.8. The minimum absolute atomic E-state index is 0.473. The fourth-order valence-corrected chi connectivity index (χ4v) is 4.32. The normalized spacial score (nSPS) is 24.6. The van der Waals surface area contributed by atoms with Crippen LogP contribution in [0.3, 0.4) is 0 Å². The van der Waals surface area contributed by atoms with Gasteiger partial charge in [-0.1, -0.05) is 36.4 Å². The Kier molecular flexibility index (Phi) is 4.05. The minimum atomic E-state index is 0.473. The molecule has 0 saturated carbocycles. The van der Waals surface area contributed by atoms with Gasteiger partial charge < -0.3 is 9.47 Å². The van der Waals surface area contributed by atoms with Gasteiger partial charge in [0, 0.05) is 11.1 Å². The summed E-state index contributed by atoms with van der Waals surface area (Å²) in [6.45, 7) is 0. The summed E-state index contributed by atoms with van der Waals surface area (Å²) in [6, 6.07) is 4.34. The van der Waals surface area contributed by atoms with Crippen LogP contribution in [0.4, 0.5) is 0 Å². The molecular formula is C22H24O2. The molecule has 0 radical (unpaired) electrons. The fourth-order valence-electron chi connectivity index (χ4n) is 4.32. The van der Waals surface area contributed by atoms with Crippen molar-refractivity contribution in [2.45, 2.75) is 25.7 Å². The number of hydrogen-bond acceptors (Lipinski definition) is 2. The van der Waals surface area contributed by atoms with Crippen molar-refractivity contribution in [1.29, 1.82) is 0 Å². The Hall–Kier alpha value is -2.22. The average molecular weight is 320 g/mol. The largest absolute Gasteiger partial charge is 0.496 e.